The Morgan fingerprint density at radius 1 is 0.706 bits per heavy atom. The quantitative estimate of drug-likeness (QED) is 0.373. The minimum absolute atomic E-state index is 0.0503. The van der Waals surface area contributed by atoms with Gasteiger partial charge in [0.2, 0.25) is 0 Å². The van der Waals surface area contributed by atoms with Crippen LogP contribution in [0, 0.1) is 47.9 Å². The third-order valence-electron chi connectivity index (χ3n) is 8.17. The first-order valence-electron chi connectivity index (χ1n) is 12.4. The Labute approximate surface area is 197 Å². The van der Waals surface area contributed by atoms with Crippen molar-refractivity contribution in [3.05, 3.63) is 69.8 Å². The summed E-state index contributed by atoms with van der Waals surface area (Å²) in [4.78, 5) is 0. The zero-order chi connectivity index (χ0) is 24.6. The first-order chi connectivity index (χ1) is 16.0. The zero-order valence-electron chi connectivity index (χ0n) is 19.8. The third kappa shape index (κ3) is 5.31. The number of hydrogen-bond acceptors (Lipinski definition) is 0. The second kappa shape index (κ2) is 9.94. The fourth-order valence-electron chi connectivity index (χ4n) is 6.00. The Kier molecular flexibility index (Phi) is 7.35. The summed E-state index contributed by atoms with van der Waals surface area (Å²) in [6.07, 6.45) is 7.42. The maximum atomic E-state index is 14.9. The lowest BCUT2D eigenvalue weighted by Gasteiger charge is -2.37. The van der Waals surface area contributed by atoms with Crippen molar-refractivity contribution in [2.45, 2.75) is 83.5 Å². The summed E-state index contributed by atoms with van der Waals surface area (Å²) in [6.45, 7) is 3.48. The number of rotatable bonds is 5. The highest BCUT2D eigenvalue weighted by molar-refractivity contribution is 5.34. The first-order valence-corrected chi connectivity index (χ1v) is 12.4. The van der Waals surface area contributed by atoms with Crippen molar-refractivity contribution < 1.29 is 26.3 Å². The molecule has 0 bridgehead atoms. The summed E-state index contributed by atoms with van der Waals surface area (Å²) < 4.78 is 86.9. The van der Waals surface area contributed by atoms with Gasteiger partial charge in [0.1, 0.15) is 23.3 Å². The second-order valence-corrected chi connectivity index (χ2v) is 10.6. The SMILES string of the molecule is Cc1c(F)cc(CC(F)(F)c2c(F)cc(C3CCC(C4CCC(C)CC4)CC3)cc2F)cc1F. The second-order valence-electron chi connectivity index (χ2n) is 10.6. The zero-order valence-corrected chi connectivity index (χ0v) is 19.8. The summed E-state index contributed by atoms with van der Waals surface area (Å²) in [7, 11) is 0. The number of halogens is 6. The van der Waals surface area contributed by atoms with Crippen LogP contribution in [0.3, 0.4) is 0 Å². The van der Waals surface area contributed by atoms with Gasteiger partial charge in [-0.3, -0.25) is 0 Å². The van der Waals surface area contributed by atoms with Crippen molar-refractivity contribution in [1.29, 1.82) is 0 Å². The maximum absolute atomic E-state index is 14.9. The molecule has 2 aromatic rings. The molecule has 4 rings (SSSR count). The van der Waals surface area contributed by atoms with Crippen LogP contribution >= 0.6 is 0 Å². The van der Waals surface area contributed by atoms with Crippen molar-refractivity contribution in [2.75, 3.05) is 0 Å². The molecule has 2 aliphatic carbocycles. The third-order valence-corrected chi connectivity index (χ3v) is 8.17. The summed E-state index contributed by atoms with van der Waals surface area (Å²) in [6, 6.07) is 3.61. The largest absolute Gasteiger partial charge is 0.282 e. The van der Waals surface area contributed by atoms with E-state index >= 15 is 0 Å². The summed E-state index contributed by atoms with van der Waals surface area (Å²) >= 11 is 0. The van der Waals surface area contributed by atoms with E-state index in [4.69, 9.17) is 0 Å². The highest BCUT2D eigenvalue weighted by Gasteiger charge is 2.39. The van der Waals surface area contributed by atoms with Gasteiger partial charge in [0.05, 0.1) is 5.56 Å². The molecule has 0 radical (unpaired) electrons. The van der Waals surface area contributed by atoms with Crippen molar-refractivity contribution >= 4 is 0 Å². The van der Waals surface area contributed by atoms with E-state index < -0.39 is 41.2 Å². The van der Waals surface area contributed by atoms with Crippen LogP contribution in [0.5, 0.6) is 0 Å². The Morgan fingerprint density at radius 2 is 1.18 bits per heavy atom. The molecule has 186 valence electrons. The van der Waals surface area contributed by atoms with Crippen molar-refractivity contribution in [2.24, 2.45) is 17.8 Å². The molecule has 0 N–H and O–H groups in total. The van der Waals surface area contributed by atoms with Crippen LogP contribution in [0.2, 0.25) is 0 Å². The van der Waals surface area contributed by atoms with E-state index in [-0.39, 0.29) is 17.0 Å². The molecule has 2 aromatic carbocycles. The van der Waals surface area contributed by atoms with Gasteiger partial charge in [-0.2, -0.15) is 0 Å². The molecule has 0 amide bonds. The Hall–Kier alpha value is -1.98. The average molecular weight is 483 g/mol. The highest BCUT2D eigenvalue weighted by Crippen LogP contribution is 2.45. The fraction of sp³-hybridized carbons (Fsp3) is 0.571. The van der Waals surface area contributed by atoms with Gasteiger partial charge in [-0.05, 0) is 105 Å². The number of benzene rings is 2. The van der Waals surface area contributed by atoms with Gasteiger partial charge >= 0.3 is 0 Å². The Morgan fingerprint density at radius 3 is 1.68 bits per heavy atom. The van der Waals surface area contributed by atoms with Crippen molar-refractivity contribution in [1.82, 2.24) is 0 Å². The molecule has 0 nitrogen and oxygen atoms in total. The van der Waals surface area contributed by atoms with Crippen LogP contribution in [-0.4, -0.2) is 0 Å². The monoisotopic (exact) mass is 482 g/mol. The summed E-state index contributed by atoms with van der Waals surface area (Å²) in [5.74, 6) is -6.41. The van der Waals surface area contributed by atoms with E-state index in [0.29, 0.717) is 11.5 Å². The highest BCUT2D eigenvalue weighted by atomic mass is 19.3. The van der Waals surface area contributed by atoms with Gasteiger partial charge in [-0.15, -0.1) is 0 Å². The lowest BCUT2D eigenvalue weighted by molar-refractivity contribution is -0.0111. The van der Waals surface area contributed by atoms with Crippen molar-refractivity contribution in [3.63, 3.8) is 0 Å². The molecule has 0 aliphatic heterocycles. The molecule has 34 heavy (non-hydrogen) atoms. The van der Waals surface area contributed by atoms with Gasteiger partial charge in [0, 0.05) is 12.0 Å². The predicted octanol–water partition coefficient (Wildman–Crippen LogP) is 8.99. The lowest BCUT2D eigenvalue weighted by Crippen LogP contribution is -2.25. The van der Waals surface area contributed by atoms with E-state index in [1.54, 1.807) is 0 Å². The molecule has 0 aromatic heterocycles. The van der Waals surface area contributed by atoms with Crippen molar-refractivity contribution in [3.8, 4) is 0 Å². The van der Waals surface area contributed by atoms with Crippen LogP contribution in [-0.2, 0) is 12.3 Å². The summed E-state index contributed by atoms with van der Waals surface area (Å²) in [5, 5.41) is 0. The van der Waals surface area contributed by atoms with Crippen LogP contribution in [0.1, 0.15) is 86.5 Å². The standard InChI is InChI=1S/C28H32F6/c1-16-3-5-19(6-4-16)20-7-9-21(10-8-20)22-13-25(31)27(26(32)14-22)28(33,34)15-18-11-23(29)17(2)24(30)12-18/h11-14,16,19-21H,3-10,15H2,1-2H3. The fourth-order valence-corrected chi connectivity index (χ4v) is 6.00. The van der Waals surface area contributed by atoms with Crippen LogP contribution < -0.4 is 0 Å². The maximum Gasteiger partial charge on any atom is 0.282 e. The molecule has 0 heterocycles. The average Bonchev–Trinajstić information content (AvgIpc) is 2.77. The minimum atomic E-state index is -3.95. The van der Waals surface area contributed by atoms with E-state index in [0.717, 1.165) is 61.8 Å². The van der Waals surface area contributed by atoms with E-state index in [2.05, 4.69) is 6.92 Å². The predicted molar refractivity (Wildman–Crippen MR) is 121 cm³/mol. The van der Waals surface area contributed by atoms with Gasteiger partial charge in [-0.25, -0.2) is 26.3 Å². The molecule has 6 heteroatoms. The lowest BCUT2D eigenvalue weighted by atomic mass is 9.68. The van der Waals surface area contributed by atoms with Gasteiger partial charge in [-0.1, -0.05) is 19.8 Å². The normalized spacial score (nSPS) is 26.0. The molecule has 0 spiro atoms. The molecule has 2 fully saturated rings. The van der Waals surface area contributed by atoms with Crippen LogP contribution in [0.25, 0.3) is 0 Å². The smallest absolute Gasteiger partial charge is 0.207 e. The van der Waals surface area contributed by atoms with Crippen LogP contribution in [0.15, 0.2) is 24.3 Å². The van der Waals surface area contributed by atoms with Gasteiger partial charge < -0.3 is 0 Å². The van der Waals surface area contributed by atoms with E-state index in [1.807, 2.05) is 0 Å². The molecular formula is C28H32F6. The number of alkyl halides is 2. The molecule has 2 aliphatic rings. The van der Waals surface area contributed by atoms with Gasteiger partial charge in [0.25, 0.3) is 5.92 Å². The van der Waals surface area contributed by atoms with E-state index in [9.17, 15) is 26.3 Å². The molecule has 0 unspecified atom stereocenters. The minimum Gasteiger partial charge on any atom is -0.207 e. The van der Waals surface area contributed by atoms with Gasteiger partial charge in [0.15, 0.2) is 0 Å². The molecule has 2 saturated carbocycles. The Balaban J connectivity index is 1.47. The van der Waals surface area contributed by atoms with Crippen LogP contribution in [0.4, 0.5) is 26.3 Å². The molecule has 0 saturated heterocycles. The topological polar surface area (TPSA) is 0 Å². The Bertz CT molecular complexity index is 968. The molecule has 0 atom stereocenters. The van der Waals surface area contributed by atoms with E-state index in [1.165, 1.54) is 32.6 Å². The molecular weight excluding hydrogens is 450 g/mol. The summed E-state index contributed by atoms with van der Waals surface area (Å²) in [5.41, 5.74) is -1.58. The number of hydrogen-bond donors (Lipinski definition) is 0. The first kappa shape index (κ1) is 25.1.